The number of alkyl halides is 3. The Hall–Kier alpha value is -2.89. The van der Waals surface area contributed by atoms with Gasteiger partial charge in [0.05, 0.1) is 11.4 Å². The van der Waals surface area contributed by atoms with E-state index in [-0.39, 0.29) is 13.1 Å². The monoisotopic (exact) mass is 400 g/mol. The molecule has 144 valence electrons. The quantitative estimate of drug-likeness (QED) is 0.703. The van der Waals surface area contributed by atoms with Crippen molar-refractivity contribution in [2.24, 2.45) is 14.1 Å². The molecule has 1 amide bonds. The highest BCUT2D eigenvalue weighted by molar-refractivity contribution is 7.13. The Kier molecular flexibility index (Phi) is 4.91. The van der Waals surface area contributed by atoms with Crippen molar-refractivity contribution in [2.45, 2.75) is 12.7 Å². The minimum atomic E-state index is -4.73. The lowest BCUT2D eigenvalue weighted by Crippen LogP contribution is -2.32. The summed E-state index contributed by atoms with van der Waals surface area (Å²) in [4.78, 5) is 25.0. The molecule has 8 nitrogen and oxygen atoms in total. The van der Waals surface area contributed by atoms with Crippen molar-refractivity contribution in [1.29, 1.82) is 0 Å². The van der Waals surface area contributed by atoms with Crippen LogP contribution in [0.5, 0.6) is 0 Å². The molecule has 0 aliphatic heterocycles. The van der Waals surface area contributed by atoms with Crippen LogP contribution in [-0.4, -0.2) is 36.6 Å². The number of thiophene rings is 1. The predicted molar refractivity (Wildman–Crippen MR) is 91.3 cm³/mol. The lowest BCUT2D eigenvalue weighted by atomic mass is 10.3. The van der Waals surface area contributed by atoms with Gasteiger partial charge >= 0.3 is 11.9 Å². The Labute approximate surface area is 154 Å². The van der Waals surface area contributed by atoms with Crippen LogP contribution in [0.25, 0.3) is 10.6 Å². The molecule has 27 heavy (non-hydrogen) atoms. The van der Waals surface area contributed by atoms with Gasteiger partial charge in [0, 0.05) is 20.6 Å². The fourth-order valence-electron chi connectivity index (χ4n) is 2.47. The molecule has 0 aliphatic rings. The van der Waals surface area contributed by atoms with Gasteiger partial charge in [-0.2, -0.15) is 18.3 Å². The minimum Gasteiger partial charge on any atom is -0.349 e. The fourth-order valence-corrected chi connectivity index (χ4v) is 3.15. The third-order valence-corrected chi connectivity index (χ3v) is 4.68. The Morgan fingerprint density at radius 1 is 1.30 bits per heavy atom. The predicted octanol–water partition coefficient (Wildman–Crippen LogP) is 1.49. The Morgan fingerprint density at radius 3 is 2.63 bits per heavy atom. The summed E-state index contributed by atoms with van der Waals surface area (Å²) in [6.45, 7) is -0.253. The summed E-state index contributed by atoms with van der Waals surface area (Å²) < 4.78 is 40.8. The maximum Gasteiger partial charge on any atom is 0.451 e. The first-order valence-corrected chi connectivity index (χ1v) is 8.63. The lowest BCUT2D eigenvalue weighted by Gasteiger charge is -2.05. The number of carbonyl (C=O) groups excluding carboxylic acids is 1. The molecular weight excluding hydrogens is 385 g/mol. The van der Waals surface area contributed by atoms with Crippen molar-refractivity contribution in [3.63, 3.8) is 0 Å². The molecule has 0 unspecified atom stereocenters. The molecule has 1 N–H and O–H groups in total. The number of nitrogens with zero attached hydrogens (tertiary/aromatic N) is 5. The SMILES string of the molecule is Cn1nc(-c2cccs2)cc1C(=O)NCCn1nc(C(F)(F)F)n(C)c1=O. The van der Waals surface area contributed by atoms with Crippen molar-refractivity contribution in [2.75, 3.05) is 6.54 Å². The van der Waals surface area contributed by atoms with E-state index in [1.165, 1.54) is 16.0 Å². The highest BCUT2D eigenvalue weighted by atomic mass is 32.1. The van der Waals surface area contributed by atoms with E-state index in [1.807, 2.05) is 17.5 Å². The average Bonchev–Trinajstić information content (AvgIpc) is 3.29. The summed E-state index contributed by atoms with van der Waals surface area (Å²) in [5.74, 6) is -1.74. The summed E-state index contributed by atoms with van der Waals surface area (Å²) in [6, 6.07) is 5.37. The smallest absolute Gasteiger partial charge is 0.349 e. The first-order valence-electron chi connectivity index (χ1n) is 7.75. The molecule has 0 atom stereocenters. The van der Waals surface area contributed by atoms with Gasteiger partial charge in [-0.1, -0.05) is 6.07 Å². The van der Waals surface area contributed by atoms with Crippen molar-refractivity contribution in [3.05, 3.63) is 45.6 Å². The molecule has 0 spiro atoms. The molecule has 3 aromatic heterocycles. The summed E-state index contributed by atoms with van der Waals surface area (Å²) in [6.07, 6.45) is -4.73. The summed E-state index contributed by atoms with van der Waals surface area (Å²) in [5, 5.41) is 12.0. The molecule has 0 radical (unpaired) electrons. The van der Waals surface area contributed by atoms with E-state index in [0.29, 0.717) is 20.6 Å². The van der Waals surface area contributed by atoms with E-state index >= 15 is 0 Å². The van der Waals surface area contributed by atoms with Crippen molar-refractivity contribution in [1.82, 2.24) is 29.4 Å². The van der Waals surface area contributed by atoms with Gasteiger partial charge in [-0.15, -0.1) is 16.4 Å². The molecule has 0 fully saturated rings. The zero-order chi connectivity index (χ0) is 19.8. The Balaban J connectivity index is 1.67. The molecular formula is C15H15F3N6O2S. The van der Waals surface area contributed by atoms with Gasteiger partial charge in [0.25, 0.3) is 5.91 Å². The highest BCUT2D eigenvalue weighted by Crippen LogP contribution is 2.26. The van der Waals surface area contributed by atoms with E-state index in [4.69, 9.17) is 0 Å². The van der Waals surface area contributed by atoms with Crippen molar-refractivity contribution >= 4 is 17.2 Å². The molecule has 3 rings (SSSR count). The largest absolute Gasteiger partial charge is 0.451 e. The van der Waals surface area contributed by atoms with Gasteiger partial charge in [0.15, 0.2) is 0 Å². The molecule has 0 bridgehead atoms. The van der Waals surface area contributed by atoms with E-state index in [1.54, 1.807) is 13.1 Å². The number of aryl methyl sites for hydroxylation is 1. The van der Waals surface area contributed by atoms with Gasteiger partial charge in [0.1, 0.15) is 11.4 Å². The van der Waals surface area contributed by atoms with E-state index in [9.17, 15) is 22.8 Å². The van der Waals surface area contributed by atoms with Crippen LogP contribution >= 0.6 is 11.3 Å². The molecule has 3 aromatic rings. The van der Waals surface area contributed by atoms with Gasteiger partial charge in [-0.05, 0) is 17.5 Å². The number of carbonyl (C=O) groups is 1. The van der Waals surface area contributed by atoms with E-state index < -0.39 is 23.6 Å². The van der Waals surface area contributed by atoms with Crippen LogP contribution in [-0.2, 0) is 26.8 Å². The van der Waals surface area contributed by atoms with Crippen molar-refractivity contribution in [3.8, 4) is 10.6 Å². The van der Waals surface area contributed by atoms with Crippen LogP contribution < -0.4 is 11.0 Å². The first-order chi connectivity index (χ1) is 12.7. The summed E-state index contributed by atoms with van der Waals surface area (Å²) in [7, 11) is 2.61. The Bertz CT molecular complexity index is 1020. The number of rotatable bonds is 5. The number of amides is 1. The van der Waals surface area contributed by atoms with Gasteiger partial charge in [0.2, 0.25) is 5.82 Å². The summed E-state index contributed by atoms with van der Waals surface area (Å²) >= 11 is 1.48. The van der Waals surface area contributed by atoms with Crippen LogP contribution in [0.15, 0.2) is 28.4 Å². The number of hydrogen-bond donors (Lipinski definition) is 1. The van der Waals surface area contributed by atoms with Crippen molar-refractivity contribution < 1.29 is 18.0 Å². The fraction of sp³-hybridized carbons (Fsp3) is 0.333. The second-order valence-electron chi connectivity index (χ2n) is 5.66. The number of hydrogen-bond acceptors (Lipinski definition) is 5. The minimum absolute atomic E-state index is 0.0629. The van der Waals surface area contributed by atoms with Gasteiger partial charge in [-0.25, -0.2) is 9.48 Å². The maximum absolute atomic E-state index is 12.8. The molecule has 0 saturated carbocycles. The topological polar surface area (TPSA) is 86.7 Å². The number of halogens is 3. The molecule has 3 heterocycles. The molecule has 0 aliphatic carbocycles. The maximum atomic E-state index is 12.8. The third-order valence-electron chi connectivity index (χ3n) is 3.79. The van der Waals surface area contributed by atoms with Gasteiger partial charge < -0.3 is 5.32 Å². The zero-order valence-electron chi connectivity index (χ0n) is 14.3. The third kappa shape index (κ3) is 3.79. The Morgan fingerprint density at radius 2 is 2.04 bits per heavy atom. The standard InChI is InChI=1S/C15H15F3N6O2S/c1-22-13(15(16,17)18)21-24(14(22)26)6-5-19-12(25)10-8-9(20-23(10)2)11-4-3-7-27-11/h3-4,7-8H,5-6H2,1-2H3,(H,19,25). The van der Waals surface area contributed by atoms with E-state index in [2.05, 4.69) is 15.5 Å². The normalized spacial score (nSPS) is 11.7. The van der Waals surface area contributed by atoms with E-state index in [0.717, 1.165) is 11.9 Å². The van der Waals surface area contributed by atoms with Crippen LogP contribution in [0, 0.1) is 0 Å². The second kappa shape index (κ2) is 7.02. The van der Waals surface area contributed by atoms with Gasteiger partial charge in [-0.3, -0.25) is 14.0 Å². The van der Waals surface area contributed by atoms with Crippen LogP contribution in [0.3, 0.4) is 0 Å². The number of aromatic nitrogens is 5. The molecule has 12 heteroatoms. The highest BCUT2D eigenvalue weighted by Gasteiger charge is 2.37. The zero-order valence-corrected chi connectivity index (χ0v) is 15.1. The molecule has 0 aromatic carbocycles. The summed E-state index contributed by atoms with van der Waals surface area (Å²) in [5.41, 5.74) is 0.0354. The first kappa shape index (κ1) is 18.9. The average molecular weight is 400 g/mol. The molecule has 0 saturated heterocycles. The number of nitrogens with one attached hydrogen (secondary N) is 1. The van der Waals surface area contributed by atoms with Crippen LogP contribution in [0.1, 0.15) is 16.3 Å². The lowest BCUT2D eigenvalue weighted by molar-refractivity contribution is -0.147. The second-order valence-corrected chi connectivity index (χ2v) is 6.61. The van der Waals surface area contributed by atoms with Crippen LogP contribution in [0.4, 0.5) is 13.2 Å². The van der Waals surface area contributed by atoms with Crippen LogP contribution in [0.2, 0.25) is 0 Å².